The summed E-state index contributed by atoms with van der Waals surface area (Å²) in [6.07, 6.45) is 8.22. The van der Waals surface area contributed by atoms with Gasteiger partial charge in [0.1, 0.15) is 5.71 Å². The number of esters is 1. The quantitative estimate of drug-likeness (QED) is 0.560. The van der Waals surface area contributed by atoms with Crippen molar-refractivity contribution in [2.75, 3.05) is 13.2 Å². The molecule has 7 heteroatoms. The number of hydrogen-bond acceptors (Lipinski definition) is 5. The van der Waals surface area contributed by atoms with Crippen LogP contribution < -0.4 is 10.7 Å². The van der Waals surface area contributed by atoms with E-state index in [0.29, 0.717) is 6.54 Å². The normalized spacial score (nSPS) is 17.9. The number of nitrogens with one attached hydrogen (secondary N) is 2. The number of hydrogen-bond donors (Lipinski definition) is 2. The van der Waals surface area contributed by atoms with E-state index >= 15 is 0 Å². The van der Waals surface area contributed by atoms with Gasteiger partial charge in [-0.15, -0.1) is 0 Å². The van der Waals surface area contributed by atoms with Crippen LogP contribution in [0.2, 0.25) is 0 Å². The third kappa shape index (κ3) is 5.31. The molecule has 2 amide bonds. The van der Waals surface area contributed by atoms with Gasteiger partial charge in [-0.1, -0.05) is 11.6 Å². The summed E-state index contributed by atoms with van der Waals surface area (Å²) in [6.45, 7) is 0.226. The van der Waals surface area contributed by atoms with E-state index in [-0.39, 0.29) is 37.0 Å². The van der Waals surface area contributed by atoms with E-state index in [0.717, 1.165) is 19.3 Å². The standard InChI is InChI=1S/C15H21N3O4/c19-13-7-6-12(17-18-13)15(21)22-10-14(20)16-9-8-11-4-2-1-3-5-11/h4H,1-3,5-10H2,(H,16,20)(H,18,19). The predicted octanol–water partition coefficient (Wildman–Crippen LogP) is 0.802. The zero-order valence-electron chi connectivity index (χ0n) is 12.5. The molecule has 2 N–H and O–H groups in total. The van der Waals surface area contributed by atoms with E-state index in [1.165, 1.54) is 18.4 Å². The topological polar surface area (TPSA) is 96.9 Å². The van der Waals surface area contributed by atoms with Crippen molar-refractivity contribution in [2.45, 2.75) is 44.9 Å². The molecule has 0 atom stereocenters. The Labute approximate surface area is 129 Å². The Kier molecular flexibility index (Phi) is 6.12. The van der Waals surface area contributed by atoms with Crippen molar-refractivity contribution in [1.82, 2.24) is 10.7 Å². The number of amides is 2. The maximum Gasteiger partial charge on any atom is 0.355 e. The van der Waals surface area contributed by atoms with Crippen LogP contribution in [0.25, 0.3) is 0 Å². The molecular formula is C15H21N3O4. The fourth-order valence-corrected chi connectivity index (χ4v) is 2.38. The van der Waals surface area contributed by atoms with Gasteiger partial charge in [0.25, 0.3) is 5.91 Å². The first-order valence-electron chi connectivity index (χ1n) is 7.62. The first-order valence-corrected chi connectivity index (χ1v) is 7.62. The Morgan fingerprint density at radius 2 is 2.14 bits per heavy atom. The lowest BCUT2D eigenvalue weighted by Crippen LogP contribution is -2.34. The van der Waals surface area contributed by atoms with Crippen LogP contribution in [0.5, 0.6) is 0 Å². The summed E-state index contributed by atoms with van der Waals surface area (Å²) >= 11 is 0. The van der Waals surface area contributed by atoms with E-state index < -0.39 is 5.97 Å². The highest BCUT2D eigenvalue weighted by Gasteiger charge is 2.20. The highest BCUT2D eigenvalue weighted by molar-refractivity contribution is 6.37. The van der Waals surface area contributed by atoms with Crippen molar-refractivity contribution in [3.05, 3.63) is 11.6 Å². The second-order valence-electron chi connectivity index (χ2n) is 5.38. The second-order valence-corrected chi connectivity index (χ2v) is 5.38. The first-order chi connectivity index (χ1) is 10.6. The maximum atomic E-state index is 11.6. The van der Waals surface area contributed by atoms with Gasteiger partial charge in [-0.2, -0.15) is 5.10 Å². The largest absolute Gasteiger partial charge is 0.451 e. The van der Waals surface area contributed by atoms with Gasteiger partial charge in [-0.3, -0.25) is 9.59 Å². The maximum absolute atomic E-state index is 11.6. The van der Waals surface area contributed by atoms with Crippen LogP contribution in [0.3, 0.4) is 0 Å². The smallest absolute Gasteiger partial charge is 0.355 e. The molecule has 2 aliphatic rings. The summed E-state index contributed by atoms with van der Waals surface area (Å²) in [5.74, 6) is -1.22. The third-order valence-corrected chi connectivity index (χ3v) is 3.63. The monoisotopic (exact) mass is 307 g/mol. The fraction of sp³-hybridized carbons (Fsp3) is 0.600. The summed E-state index contributed by atoms with van der Waals surface area (Å²) in [7, 11) is 0. The number of carbonyl (C=O) groups is 3. The van der Waals surface area contributed by atoms with Gasteiger partial charge in [0.05, 0.1) is 0 Å². The highest BCUT2D eigenvalue weighted by atomic mass is 16.5. The lowest BCUT2D eigenvalue weighted by atomic mass is 9.97. The van der Waals surface area contributed by atoms with Crippen molar-refractivity contribution < 1.29 is 19.1 Å². The molecule has 1 heterocycles. The lowest BCUT2D eigenvalue weighted by Gasteiger charge is -2.13. The Bertz CT molecular complexity index is 511. The molecule has 0 saturated heterocycles. The third-order valence-electron chi connectivity index (χ3n) is 3.63. The molecule has 1 aliphatic carbocycles. The molecular weight excluding hydrogens is 286 g/mol. The number of nitrogens with zero attached hydrogens (tertiary/aromatic N) is 1. The number of ether oxygens (including phenoxy) is 1. The van der Waals surface area contributed by atoms with Crippen LogP contribution in [0.4, 0.5) is 0 Å². The molecule has 0 aromatic rings. The summed E-state index contributed by atoms with van der Waals surface area (Å²) in [5, 5.41) is 6.34. The molecule has 7 nitrogen and oxygen atoms in total. The molecule has 0 bridgehead atoms. The first kappa shape index (κ1) is 16.2. The van der Waals surface area contributed by atoms with Gasteiger partial charge in [0, 0.05) is 19.4 Å². The van der Waals surface area contributed by atoms with Crippen LogP contribution in [0, 0.1) is 0 Å². The van der Waals surface area contributed by atoms with Gasteiger partial charge >= 0.3 is 5.97 Å². The van der Waals surface area contributed by atoms with E-state index in [1.807, 2.05) is 0 Å². The molecule has 22 heavy (non-hydrogen) atoms. The lowest BCUT2D eigenvalue weighted by molar-refractivity contribution is -0.142. The molecule has 0 aromatic carbocycles. The second kappa shape index (κ2) is 8.31. The summed E-state index contributed by atoms with van der Waals surface area (Å²) < 4.78 is 4.87. The molecule has 1 aliphatic heterocycles. The van der Waals surface area contributed by atoms with Crippen LogP contribution in [0.1, 0.15) is 44.9 Å². The van der Waals surface area contributed by atoms with E-state index in [4.69, 9.17) is 4.74 Å². The molecule has 0 spiro atoms. The molecule has 0 radical (unpaired) electrons. The van der Waals surface area contributed by atoms with Crippen molar-refractivity contribution in [2.24, 2.45) is 5.10 Å². The summed E-state index contributed by atoms with van der Waals surface area (Å²) in [4.78, 5) is 34.2. The molecule has 2 rings (SSSR count). The molecule has 120 valence electrons. The Balaban J connectivity index is 1.62. The fourth-order valence-electron chi connectivity index (χ4n) is 2.38. The van der Waals surface area contributed by atoms with E-state index in [1.54, 1.807) is 0 Å². The zero-order valence-corrected chi connectivity index (χ0v) is 12.5. The Morgan fingerprint density at radius 3 is 2.82 bits per heavy atom. The number of carbonyl (C=O) groups excluding carboxylic acids is 3. The highest BCUT2D eigenvalue weighted by Crippen LogP contribution is 2.19. The average Bonchev–Trinajstić information content (AvgIpc) is 2.54. The molecule has 0 saturated carbocycles. The van der Waals surface area contributed by atoms with Crippen molar-refractivity contribution in [1.29, 1.82) is 0 Å². The Morgan fingerprint density at radius 1 is 1.27 bits per heavy atom. The average molecular weight is 307 g/mol. The minimum atomic E-state index is -0.662. The minimum absolute atomic E-state index is 0.139. The van der Waals surface area contributed by atoms with Gasteiger partial charge in [-0.25, -0.2) is 10.2 Å². The van der Waals surface area contributed by atoms with Crippen molar-refractivity contribution >= 4 is 23.5 Å². The minimum Gasteiger partial charge on any atom is -0.451 e. The van der Waals surface area contributed by atoms with E-state index in [9.17, 15) is 14.4 Å². The zero-order chi connectivity index (χ0) is 15.8. The predicted molar refractivity (Wildman–Crippen MR) is 79.9 cm³/mol. The van der Waals surface area contributed by atoms with Crippen molar-refractivity contribution in [3.63, 3.8) is 0 Å². The van der Waals surface area contributed by atoms with Crippen LogP contribution in [-0.2, 0) is 19.1 Å². The SMILES string of the molecule is O=C(COC(=O)C1=NNC(=O)CC1)NCCC1=CCCCC1. The van der Waals surface area contributed by atoms with Gasteiger partial charge < -0.3 is 10.1 Å². The van der Waals surface area contributed by atoms with Crippen molar-refractivity contribution in [3.8, 4) is 0 Å². The van der Waals surface area contributed by atoms with Crippen LogP contribution >= 0.6 is 0 Å². The van der Waals surface area contributed by atoms with Crippen LogP contribution in [-0.4, -0.2) is 36.6 Å². The molecule has 0 aromatic heterocycles. The number of hydrazone groups is 1. The Hall–Kier alpha value is -2.18. The van der Waals surface area contributed by atoms with E-state index in [2.05, 4.69) is 21.9 Å². The molecule has 0 fully saturated rings. The van der Waals surface area contributed by atoms with Gasteiger partial charge in [0.15, 0.2) is 6.61 Å². The summed E-state index contributed by atoms with van der Waals surface area (Å²) in [6, 6.07) is 0. The van der Waals surface area contributed by atoms with Gasteiger partial charge in [-0.05, 0) is 32.1 Å². The number of allylic oxidation sites excluding steroid dienone is 1. The van der Waals surface area contributed by atoms with Gasteiger partial charge in [0.2, 0.25) is 5.91 Å². The molecule has 0 unspecified atom stereocenters. The van der Waals surface area contributed by atoms with Crippen LogP contribution in [0.15, 0.2) is 16.8 Å². The summed E-state index contributed by atoms with van der Waals surface area (Å²) in [5.41, 5.74) is 3.74. The number of rotatable bonds is 6.